The number of sulfonamides is 1. The van der Waals surface area contributed by atoms with E-state index in [0.717, 1.165) is 17.7 Å². The highest BCUT2D eigenvalue weighted by Gasteiger charge is 2.33. The van der Waals surface area contributed by atoms with Crippen LogP contribution in [0.5, 0.6) is 11.5 Å². The Morgan fingerprint density at radius 1 is 1.12 bits per heavy atom. The van der Waals surface area contributed by atoms with E-state index in [0.29, 0.717) is 49.1 Å². The van der Waals surface area contributed by atoms with Gasteiger partial charge in [-0.15, -0.1) is 11.3 Å². The Hall–Kier alpha value is -2.10. The normalized spacial score (nSPS) is 18.8. The summed E-state index contributed by atoms with van der Waals surface area (Å²) in [5, 5.41) is 4.97. The summed E-state index contributed by atoms with van der Waals surface area (Å²) in [6.45, 7) is 6.11. The molecule has 1 unspecified atom stereocenters. The number of piperidine rings is 1. The molecule has 4 rings (SSSR count). The van der Waals surface area contributed by atoms with Crippen LogP contribution in [0.3, 0.4) is 0 Å². The van der Waals surface area contributed by atoms with Crippen molar-refractivity contribution in [3.63, 3.8) is 0 Å². The molecule has 7 nitrogen and oxygen atoms in total. The average Bonchev–Trinajstić information content (AvgIpc) is 3.24. The van der Waals surface area contributed by atoms with Crippen LogP contribution in [0.15, 0.2) is 39.9 Å². The summed E-state index contributed by atoms with van der Waals surface area (Å²) in [7, 11) is -3.46. The van der Waals surface area contributed by atoms with Gasteiger partial charge in [-0.05, 0) is 47.9 Å². The third-order valence-corrected chi connectivity index (χ3v) is 9.28. The van der Waals surface area contributed by atoms with Gasteiger partial charge in [0.05, 0.1) is 19.3 Å². The minimum atomic E-state index is -3.46. The fourth-order valence-electron chi connectivity index (χ4n) is 4.18. The molecule has 1 N–H and O–H groups in total. The van der Waals surface area contributed by atoms with Crippen molar-refractivity contribution in [2.24, 2.45) is 11.8 Å². The van der Waals surface area contributed by atoms with Crippen molar-refractivity contribution in [1.82, 2.24) is 9.62 Å². The molecule has 0 spiro atoms. The standard InChI is InChI=1S/C23H30N2O5S2/c1-16(2)22(18-6-7-19-20(15-18)30-13-4-12-29-19)24-23(26)17-8-10-25(11-9-17)32(27,28)21-5-3-14-31-21/h3,5-7,14-17,22H,4,8-13H2,1-2H3,(H,24,26). The van der Waals surface area contributed by atoms with Crippen LogP contribution >= 0.6 is 11.3 Å². The predicted octanol–water partition coefficient (Wildman–Crippen LogP) is 3.82. The summed E-state index contributed by atoms with van der Waals surface area (Å²) >= 11 is 1.22. The van der Waals surface area contributed by atoms with Crippen LogP contribution in [0.25, 0.3) is 0 Å². The fraction of sp³-hybridized carbons (Fsp3) is 0.522. The molecule has 0 bridgehead atoms. The zero-order valence-electron chi connectivity index (χ0n) is 18.5. The SMILES string of the molecule is CC(C)C(NC(=O)C1CCN(S(=O)(=O)c2cccs2)CC1)c1ccc2c(c1)OCCCO2. The van der Waals surface area contributed by atoms with E-state index in [4.69, 9.17) is 9.47 Å². The third kappa shape index (κ3) is 4.94. The lowest BCUT2D eigenvalue weighted by Gasteiger charge is -2.32. The number of rotatable bonds is 6. The Kier molecular flexibility index (Phi) is 7.07. The highest BCUT2D eigenvalue weighted by atomic mass is 32.2. The Morgan fingerprint density at radius 2 is 1.84 bits per heavy atom. The maximum atomic E-state index is 13.1. The van der Waals surface area contributed by atoms with Gasteiger partial charge < -0.3 is 14.8 Å². The van der Waals surface area contributed by atoms with Gasteiger partial charge in [-0.1, -0.05) is 26.0 Å². The molecule has 1 amide bonds. The number of carbonyl (C=O) groups is 1. The molecule has 0 radical (unpaired) electrons. The van der Waals surface area contributed by atoms with E-state index in [2.05, 4.69) is 19.2 Å². The van der Waals surface area contributed by atoms with Crippen LogP contribution in [0, 0.1) is 11.8 Å². The molecule has 2 aliphatic rings. The molecule has 2 aliphatic heterocycles. The molecule has 174 valence electrons. The van der Waals surface area contributed by atoms with Gasteiger partial charge in [-0.3, -0.25) is 4.79 Å². The second-order valence-corrected chi connectivity index (χ2v) is 11.7. The number of thiophene rings is 1. The molecule has 0 saturated carbocycles. The zero-order chi connectivity index (χ0) is 22.7. The van der Waals surface area contributed by atoms with Crippen molar-refractivity contribution in [1.29, 1.82) is 0 Å². The van der Waals surface area contributed by atoms with Crippen molar-refractivity contribution in [2.45, 2.75) is 43.4 Å². The fourth-order valence-corrected chi connectivity index (χ4v) is 6.79. The lowest BCUT2D eigenvalue weighted by atomic mass is 9.92. The van der Waals surface area contributed by atoms with Gasteiger partial charge in [0.1, 0.15) is 4.21 Å². The number of ether oxygens (including phenoxy) is 2. The predicted molar refractivity (Wildman–Crippen MR) is 124 cm³/mol. The summed E-state index contributed by atoms with van der Waals surface area (Å²) in [6, 6.07) is 9.06. The van der Waals surface area contributed by atoms with Gasteiger partial charge in [-0.25, -0.2) is 8.42 Å². The number of nitrogens with zero attached hydrogens (tertiary/aromatic N) is 1. The Balaban J connectivity index is 1.41. The second-order valence-electron chi connectivity index (χ2n) is 8.60. The van der Waals surface area contributed by atoms with E-state index < -0.39 is 10.0 Å². The van der Waals surface area contributed by atoms with Crippen molar-refractivity contribution in [2.75, 3.05) is 26.3 Å². The molecule has 1 atom stereocenters. The van der Waals surface area contributed by atoms with Crippen molar-refractivity contribution < 1.29 is 22.7 Å². The molecular weight excluding hydrogens is 448 g/mol. The number of amides is 1. The molecule has 32 heavy (non-hydrogen) atoms. The number of fused-ring (bicyclic) bond motifs is 1. The molecule has 1 aromatic heterocycles. The van der Waals surface area contributed by atoms with Crippen LogP contribution in [0.4, 0.5) is 0 Å². The van der Waals surface area contributed by atoms with Gasteiger partial charge in [-0.2, -0.15) is 4.31 Å². The molecule has 1 fully saturated rings. The van der Waals surface area contributed by atoms with E-state index in [-0.39, 0.29) is 23.8 Å². The Morgan fingerprint density at radius 3 is 2.50 bits per heavy atom. The molecule has 3 heterocycles. The minimum absolute atomic E-state index is 0.0241. The number of hydrogen-bond acceptors (Lipinski definition) is 6. The summed E-state index contributed by atoms with van der Waals surface area (Å²) in [5.74, 6) is 1.41. The van der Waals surface area contributed by atoms with E-state index >= 15 is 0 Å². The first-order valence-electron chi connectivity index (χ1n) is 11.1. The summed E-state index contributed by atoms with van der Waals surface area (Å²) in [5.41, 5.74) is 0.982. The van der Waals surface area contributed by atoms with Crippen LogP contribution in [-0.4, -0.2) is 44.9 Å². The number of carbonyl (C=O) groups excluding carboxylic acids is 1. The Bertz CT molecular complexity index is 1030. The van der Waals surface area contributed by atoms with Gasteiger partial charge in [0.25, 0.3) is 10.0 Å². The first-order chi connectivity index (χ1) is 15.4. The van der Waals surface area contributed by atoms with Crippen molar-refractivity contribution >= 4 is 27.3 Å². The zero-order valence-corrected chi connectivity index (χ0v) is 20.1. The summed E-state index contributed by atoms with van der Waals surface area (Å²) in [4.78, 5) is 13.1. The molecular formula is C23H30N2O5S2. The van der Waals surface area contributed by atoms with E-state index in [1.165, 1.54) is 15.6 Å². The number of nitrogens with one attached hydrogen (secondary N) is 1. The minimum Gasteiger partial charge on any atom is -0.490 e. The lowest BCUT2D eigenvalue weighted by molar-refractivity contribution is -0.127. The molecule has 0 aliphatic carbocycles. The van der Waals surface area contributed by atoms with Gasteiger partial charge >= 0.3 is 0 Å². The number of benzene rings is 1. The molecule has 9 heteroatoms. The van der Waals surface area contributed by atoms with Gasteiger partial charge in [0, 0.05) is 25.4 Å². The monoisotopic (exact) mass is 478 g/mol. The van der Waals surface area contributed by atoms with Crippen LogP contribution in [0.2, 0.25) is 0 Å². The van der Waals surface area contributed by atoms with Gasteiger partial charge in [0.15, 0.2) is 11.5 Å². The van der Waals surface area contributed by atoms with Gasteiger partial charge in [0.2, 0.25) is 5.91 Å². The highest BCUT2D eigenvalue weighted by molar-refractivity contribution is 7.91. The second kappa shape index (κ2) is 9.80. The highest BCUT2D eigenvalue weighted by Crippen LogP contribution is 2.34. The molecule has 1 aromatic carbocycles. The largest absolute Gasteiger partial charge is 0.490 e. The molecule has 1 saturated heterocycles. The van der Waals surface area contributed by atoms with Crippen LogP contribution in [-0.2, 0) is 14.8 Å². The van der Waals surface area contributed by atoms with E-state index in [1.54, 1.807) is 17.5 Å². The van der Waals surface area contributed by atoms with Crippen LogP contribution in [0.1, 0.15) is 44.7 Å². The topological polar surface area (TPSA) is 84.9 Å². The maximum absolute atomic E-state index is 13.1. The first-order valence-corrected chi connectivity index (χ1v) is 13.4. The summed E-state index contributed by atoms with van der Waals surface area (Å²) in [6.07, 6.45) is 1.88. The van der Waals surface area contributed by atoms with Crippen molar-refractivity contribution in [3.8, 4) is 11.5 Å². The van der Waals surface area contributed by atoms with Crippen LogP contribution < -0.4 is 14.8 Å². The smallest absolute Gasteiger partial charge is 0.252 e. The first kappa shape index (κ1) is 23.1. The lowest BCUT2D eigenvalue weighted by Crippen LogP contribution is -2.44. The van der Waals surface area contributed by atoms with Crippen molar-refractivity contribution in [3.05, 3.63) is 41.3 Å². The van der Waals surface area contributed by atoms with E-state index in [1.807, 2.05) is 18.2 Å². The maximum Gasteiger partial charge on any atom is 0.252 e. The van der Waals surface area contributed by atoms with E-state index in [9.17, 15) is 13.2 Å². The quantitative estimate of drug-likeness (QED) is 0.682. The average molecular weight is 479 g/mol. The third-order valence-electron chi connectivity index (χ3n) is 6.01. The molecule has 2 aromatic rings. The number of hydrogen-bond donors (Lipinski definition) is 1. The Labute approximate surface area is 193 Å². The summed E-state index contributed by atoms with van der Waals surface area (Å²) < 4.78 is 38.8.